The number of sulfonamides is 1. The SMILES string of the molecule is CCOC(=O)c1ccc(NS(=O)(=O)c2nnc(NC(=O)C(C)(C)C)s2)c(C)c1. The minimum Gasteiger partial charge on any atom is -0.462 e. The molecule has 0 atom stereocenters. The van der Waals surface area contributed by atoms with Gasteiger partial charge in [0.15, 0.2) is 0 Å². The van der Waals surface area contributed by atoms with Crippen molar-refractivity contribution in [3.8, 4) is 0 Å². The maximum absolute atomic E-state index is 12.6. The van der Waals surface area contributed by atoms with E-state index in [4.69, 9.17) is 4.74 Å². The topological polar surface area (TPSA) is 127 Å². The van der Waals surface area contributed by atoms with Crippen molar-refractivity contribution in [2.24, 2.45) is 5.41 Å². The lowest BCUT2D eigenvalue weighted by atomic mass is 9.96. The average Bonchev–Trinajstić information content (AvgIpc) is 3.05. The molecule has 9 nitrogen and oxygen atoms in total. The Kier molecular flexibility index (Phi) is 6.40. The van der Waals surface area contributed by atoms with Gasteiger partial charge in [-0.25, -0.2) is 4.79 Å². The third kappa shape index (κ3) is 5.26. The molecule has 0 aliphatic rings. The molecule has 11 heteroatoms. The monoisotopic (exact) mass is 426 g/mol. The highest BCUT2D eigenvalue weighted by atomic mass is 32.2. The number of benzene rings is 1. The molecular weight excluding hydrogens is 404 g/mol. The number of ether oxygens (including phenoxy) is 1. The molecule has 0 spiro atoms. The fraction of sp³-hybridized carbons (Fsp3) is 0.412. The third-order valence-electron chi connectivity index (χ3n) is 3.52. The molecule has 28 heavy (non-hydrogen) atoms. The van der Waals surface area contributed by atoms with E-state index in [1.807, 2.05) is 0 Å². The summed E-state index contributed by atoms with van der Waals surface area (Å²) in [5.41, 5.74) is 0.509. The quantitative estimate of drug-likeness (QED) is 0.537. The standard InChI is InChI=1S/C17H22N4O5S2/c1-6-26-13(22)11-7-8-12(10(2)9-11)21-28(24,25)16-20-19-15(27-16)18-14(23)17(3,4)5/h7-9,21H,6H2,1-5H3,(H,18,19,23). The molecule has 1 heterocycles. The van der Waals surface area contributed by atoms with Gasteiger partial charge in [-0.1, -0.05) is 32.1 Å². The Balaban J connectivity index is 2.18. The van der Waals surface area contributed by atoms with E-state index in [0.29, 0.717) is 16.8 Å². The van der Waals surface area contributed by atoms with Crippen LogP contribution in [0, 0.1) is 12.3 Å². The zero-order valence-corrected chi connectivity index (χ0v) is 17.8. The molecule has 0 unspecified atom stereocenters. The summed E-state index contributed by atoms with van der Waals surface area (Å²) in [7, 11) is -4.00. The highest BCUT2D eigenvalue weighted by Crippen LogP contribution is 2.26. The van der Waals surface area contributed by atoms with Crippen molar-refractivity contribution in [2.75, 3.05) is 16.6 Å². The van der Waals surface area contributed by atoms with Crippen LogP contribution < -0.4 is 10.0 Å². The Bertz CT molecular complexity index is 993. The summed E-state index contributed by atoms with van der Waals surface area (Å²) < 4.78 is 32.2. The van der Waals surface area contributed by atoms with Crippen LogP contribution in [0.15, 0.2) is 22.5 Å². The number of aromatic nitrogens is 2. The molecule has 0 aliphatic heterocycles. The van der Waals surface area contributed by atoms with Gasteiger partial charge >= 0.3 is 5.97 Å². The van der Waals surface area contributed by atoms with Crippen molar-refractivity contribution in [3.05, 3.63) is 29.3 Å². The van der Waals surface area contributed by atoms with Gasteiger partial charge < -0.3 is 10.1 Å². The number of carbonyl (C=O) groups excluding carboxylic acids is 2. The van der Waals surface area contributed by atoms with E-state index in [2.05, 4.69) is 20.2 Å². The number of esters is 1. The lowest BCUT2D eigenvalue weighted by Gasteiger charge is -2.15. The van der Waals surface area contributed by atoms with E-state index in [1.54, 1.807) is 34.6 Å². The molecule has 0 saturated heterocycles. The summed E-state index contributed by atoms with van der Waals surface area (Å²) in [5, 5.41) is 10.00. The van der Waals surface area contributed by atoms with Crippen LogP contribution >= 0.6 is 11.3 Å². The summed E-state index contributed by atoms with van der Waals surface area (Å²) in [5.74, 6) is -0.783. The van der Waals surface area contributed by atoms with Crippen LogP contribution in [0.5, 0.6) is 0 Å². The first-order valence-electron chi connectivity index (χ1n) is 8.39. The van der Waals surface area contributed by atoms with Gasteiger partial charge in [-0.2, -0.15) is 8.42 Å². The zero-order chi connectivity index (χ0) is 21.1. The van der Waals surface area contributed by atoms with Crippen LogP contribution in [0.4, 0.5) is 10.8 Å². The van der Waals surface area contributed by atoms with E-state index in [1.165, 1.54) is 18.2 Å². The molecule has 0 aliphatic carbocycles. The second-order valence-corrected chi connectivity index (χ2v) is 9.77. The average molecular weight is 427 g/mol. The zero-order valence-electron chi connectivity index (χ0n) is 16.2. The van der Waals surface area contributed by atoms with Crippen LogP contribution in [0.25, 0.3) is 0 Å². The van der Waals surface area contributed by atoms with Crippen LogP contribution in [0.1, 0.15) is 43.6 Å². The second-order valence-electron chi connectivity index (χ2n) is 6.93. The molecule has 0 fully saturated rings. The number of hydrogen-bond acceptors (Lipinski definition) is 8. The van der Waals surface area contributed by atoms with Gasteiger partial charge in [-0.15, -0.1) is 10.2 Å². The molecule has 0 radical (unpaired) electrons. The fourth-order valence-corrected chi connectivity index (χ4v) is 3.99. The number of nitrogens with zero attached hydrogens (tertiary/aromatic N) is 2. The van der Waals surface area contributed by atoms with Crippen LogP contribution in [0.2, 0.25) is 0 Å². The molecule has 1 amide bonds. The Morgan fingerprint density at radius 2 is 1.89 bits per heavy atom. The fourth-order valence-electron chi connectivity index (χ4n) is 1.96. The van der Waals surface area contributed by atoms with Crippen molar-refractivity contribution in [1.29, 1.82) is 0 Å². The van der Waals surface area contributed by atoms with Gasteiger partial charge in [0.05, 0.1) is 17.9 Å². The largest absolute Gasteiger partial charge is 0.462 e. The van der Waals surface area contributed by atoms with Crippen molar-refractivity contribution in [3.63, 3.8) is 0 Å². The van der Waals surface area contributed by atoms with Crippen LogP contribution in [0.3, 0.4) is 0 Å². The van der Waals surface area contributed by atoms with Gasteiger partial charge in [0.2, 0.25) is 11.0 Å². The summed E-state index contributed by atoms with van der Waals surface area (Å²) in [6.07, 6.45) is 0. The summed E-state index contributed by atoms with van der Waals surface area (Å²) in [6, 6.07) is 4.48. The molecular formula is C17H22N4O5S2. The number of nitrogens with one attached hydrogen (secondary N) is 2. The number of rotatable bonds is 6. The molecule has 1 aromatic heterocycles. The molecule has 0 bridgehead atoms. The number of anilines is 2. The minimum atomic E-state index is -4.00. The summed E-state index contributed by atoms with van der Waals surface area (Å²) in [4.78, 5) is 23.8. The molecule has 2 aromatic rings. The van der Waals surface area contributed by atoms with Crippen molar-refractivity contribution in [1.82, 2.24) is 10.2 Å². The van der Waals surface area contributed by atoms with Gasteiger partial charge in [0, 0.05) is 5.41 Å². The van der Waals surface area contributed by atoms with Crippen molar-refractivity contribution in [2.45, 2.75) is 39.0 Å². The smallest absolute Gasteiger partial charge is 0.338 e. The van der Waals surface area contributed by atoms with Gasteiger partial charge in [0.1, 0.15) is 0 Å². The van der Waals surface area contributed by atoms with E-state index < -0.39 is 21.4 Å². The van der Waals surface area contributed by atoms with Gasteiger partial charge in [-0.3, -0.25) is 9.52 Å². The first kappa shape index (κ1) is 21.8. The predicted molar refractivity (Wildman–Crippen MR) is 106 cm³/mol. The summed E-state index contributed by atoms with van der Waals surface area (Å²) in [6.45, 7) is 8.79. The van der Waals surface area contributed by atoms with E-state index in [-0.39, 0.29) is 22.0 Å². The number of aryl methyl sites for hydroxylation is 1. The highest BCUT2D eigenvalue weighted by molar-refractivity contribution is 7.94. The van der Waals surface area contributed by atoms with E-state index in [9.17, 15) is 18.0 Å². The molecule has 0 saturated carbocycles. The van der Waals surface area contributed by atoms with Gasteiger partial charge in [-0.05, 0) is 37.6 Å². The van der Waals surface area contributed by atoms with Crippen LogP contribution in [-0.4, -0.2) is 37.1 Å². The molecule has 2 rings (SSSR count). The minimum absolute atomic E-state index is 0.0923. The second kappa shape index (κ2) is 8.23. The molecule has 152 valence electrons. The Hall–Kier alpha value is -2.53. The lowest BCUT2D eigenvalue weighted by molar-refractivity contribution is -0.123. The molecule has 2 N–H and O–H groups in total. The lowest BCUT2D eigenvalue weighted by Crippen LogP contribution is -2.27. The number of carbonyl (C=O) groups is 2. The van der Waals surface area contributed by atoms with E-state index >= 15 is 0 Å². The predicted octanol–water partition coefficient (Wildman–Crippen LogP) is 2.81. The number of hydrogen-bond donors (Lipinski definition) is 2. The first-order chi connectivity index (χ1) is 12.9. The Labute approximate surface area is 167 Å². The van der Waals surface area contributed by atoms with Crippen molar-refractivity contribution >= 4 is 44.1 Å². The Morgan fingerprint density at radius 3 is 2.46 bits per heavy atom. The summed E-state index contributed by atoms with van der Waals surface area (Å²) >= 11 is 0.745. The number of amides is 1. The maximum atomic E-state index is 12.6. The third-order valence-corrected chi connectivity index (χ3v) is 6.09. The first-order valence-corrected chi connectivity index (χ1v) is 10.7. The van der Waals surface area contributed by atoms with E-state index in [0.717, 1.165) is 11.3 Å². The van der Waals surface area contributed by atoms with Crippen molar-refractivity contribution < 1.29 is 22.7 Å². The molecule has 1 aromatic carbocycles. The van der Waals surface area contributed by atoms with Gasteiger partial charge in [0.25, 0.3) is 14.4 Å². The highest BCUT2D eigenvalue weighted by Gasteiger charge is 2.25. The Morgan fingerprint density at radius 1 is 1.21 bits per heavy atom. The van der Waals surface area contributed by atoms with Crippen LogP contribution in [-0.2, 0) is 19.6 Å². The maximum Gasteiger partial charge on any atom is 0.338 e. The normalized spacial score (nSPS) is 11.8.